The zero-order valence-electron chi connectivity index (χ0n) is 39.5. The van der Waals surface area contributed by atoms with Crippen molar-refractivity contribution in [3.63, 3.8) is 0 Å². The summed E-state index contributed by atoms with van der Waals surface area (Å²) in [5, 5.41) is 18.8. The molecule has 0 radical (unpaired) electrons. The first-order chi connectivity index (χ1) is 32.4. The minimum absolute atomic E-state index is 0.0209. The molecule has 0 saturated carbocycles. The van der Waals surface area contributed by atoms with Crippen molar-refractivity contribution in [2.75, 3.05) is 49.2 Å². The Morgan fingerprint density at radius 2 is 1.09 bits per heavy atom. The number of aliphatic hydroxyl groups excluding tert-OH is 1. The number of nitrogens with zero attached hydrogens (tertiary/aromatic N) is 2. The number of halogens is 1. The third kappa shape index (κ3) is 14.4. The first-order valence-corrected chi connectivity index (χ1v) is 24.5. The van der Waals surface area contributed by atoms with E-state index >= 15 is 0 Å². The van der Waals surface area contributed by atoms with Crippen molar-refractivity contribution in [1.29, 1.82) is 0 Å². The van der Waals surface area contributed by atoms with Crippen LogP contribution in [0.25, 0.3) is 0 Å². The Hall–Kier alpha value is -5.65. The van der Waals surface area contributed by atoms with Crippen molar-refractivity contribution < 1.29 is 24.3 Å². The van der Waals surface area contributed by atoms with E-state index in [0.29, 0.717) is 41.7 Å². The second kappa shape index (κ2) is 25.5. The minimum Gasteiger partial charge on any atom is -0.388 e. The fraction of sp³-hybridized carbons (Fsp3) is 0.393. The highest BCUT2D eigenvalue weighted by atomic mass is 35.5. The third-order valence-electron chi connectivity index (χ3n) is 12.8. The average molecular weight is 927 g/mol. The second-order valence-corrected chi connectivity index (χ2v) is 18.7. The summed E-state index contributed by atoms with van der Waals surface area (Å²) in [5.74, 6) is 1.24. The minimum atomic E-state index is -0.409. The summed E-state index contributed by atoms with van der Waals surface area (Å²) in [6, 6.07) is 42.7. The molecule has 8 rings (SSSR count). The van der Waals surface area contributed by atoms with Gasteiger partial charge in [-0.2, -0.15) is 0 Å². The molecule has 4 amide bonds. The fourth-order valence-corrected chi connectivity index (χ4v) is 9.03. The van der Waals surface area contributed by atoms with E-state index in [0.717, 1.165) is 68.1 Å². The Labute approximate surface area is 402 Å². The van der Waals surface area contributed by atoms with E-state index in [2.05, 4.69) is 45.1 Å². The van der Waals surface area contributed by atoms with Gasteiger partial charge in [0.15, 0.2) is 0 Å². The van der Waals surface area contributed by atoms with Crippen molar-refractivity contribution in [1.82, 2.24) is 15.1 Å². The van der Waals surface area contributed by atoms with E-state index in [1.54, 1.807) is 12.1 Å². The average Bonchev–Trinajstić information content (AvgIpc) is 3.61. The molecule has 5 aromatic rings. The molecule has 0 aromatic heterocycles. The van der Waals surface area contributed by atoms with Gasteiger partial charge in [0.05, 0.1) is 23.3 Å². The van der Waals surface area contributed by atoms with Crippen LogP contribution in [0.3, 0.4) is 0 Å². The highest BCUT2D eigenvalue weighted by molar-refractivity contribution is 6.21. The van der Waals surface area contributed by atoms with Crippen LogP contribution in [0.1, 0.15) is 133 Å². The summed E-state index contributed by atoms with van der Waals surface area (Å²) >= 11 is 5.49. The zero-order valence-corrected chi connectivity index (χ0v) is 40.3. The fourth-order valence-electron chi connectivity index (χ4n) is 8.82. The van der Waals surface area contributed by atoms with E-state index in [-0.39, 0.29) is 41.5 Å². The highest BCUT2D eigenvalue weighted by Crippen LogP contribution is 2.35. The van der Waals surface area contributed by atoms with Crippen LogP contribution in [0.2, 0.25) is 0 Å². The molecule has 0 unspecified atom stereocenters. The molecule has 2 atom stereocenters. The summed E-state index contributed by atoms with van der Waals surface area (Å²) in [5.41, 5.74) is 7.29. The Bertz CT molecular complexity index is 2330. The van der Waals surface area contributed by atoms with Gasteiger partial charge in [-0.15, -0.1) is 11.6 Å². The molecule has 0 aliphatic carbocycles. The number of benzene rings is 5. The largest absolute Gasteiger partial charge is 0.388 e. The lowest BCUT2D eigenvalue weighted by atomic mass is 9.89. The van der Waals surface area contributed by atoms with Gasteiger partial charge in [-0.1, -0.05) is 125 Å². The molecular formula is C56H68ClN5O5. The summed E-state index contributed by atoms with van der Waals surface area (Å²) in [7, 11) is 0. The van der Waals surface area contributed by atoms with Crippen molar-refractivity contribution in [3.8, 4) is 0 Å². The first-order valence-electron chi connectivity index (χ1n) is 24.0. The number of imide groups is 1. The van der Waals surface area contributed by atoms with Gasteiger partial charge in [-0.25, -0.2) is 0 Å². The molecule has 3 heterocycles. The van der Waals surface area contributed by atoms with Crippen molar-refractivity contribution in [2.24, 2.45) is 11.8 Å². The van der Waals surface area contributed by atoms with Gasteiger partial charge < -0.3 is 26.0 Å². The topological polar surface area (TPSA) is 131 Å². The van der Waals surface area contributed by atoms with Crippen LogP contribution in [0, 0.1) is 11.8 Å². The predicted octanol–water partition coefficient (Wildman–Crippen LogP) is 11.0. The molecule has 10 nitrogen and oxygen atoms in total. The number of hydrogen-bond acceptors (Lipinski definition) is 7. The SMILES string of the molecule is CC(C)C(=O)Nc1cccc(C2CCN(CC[C@H](c3ccccc3)N3C(=O)c4ccccc4C3=O)CC2)c1.CC(C)C(=O)Nc1cccc(C2CCNCC2)c1.O[C@@H](CCCl)c1ccccc1. The summed E-state index contributed by atoms with van der Waals surface area (Å²) in [6.45, 7) is 12.5. The van der Waals surface area contributed by atoms with Crippen LogP contribution >= 0.6 is 11.6 Å². The monoisotopic (exact) mass is 925 g/mol. The van der Waals surface area contributed by atoms with Crippen LogP contribution in [-0.4, -0.2) is 77.1 Å². The number of piperidine rings is 2. The molecule has 0 spiro atoms. The van der Waals surface area contributed by atoms with E-state index in [4.69, 9.17) is 11.6 Å². The number of rotatable bonds is 14. The van der Waals surface area contributed by atoms with Gasteiger partial charge in [0.25, 0.3) is 11.8 Å². The zero-order chi connectivity index (χ0) is 47.7. The molecular weight excluding hydrogens is 858 g/mol. The number of hydrogen-bond donors (Lipinski definition) is 4. The Morgan fingerprint density at radius 3 is 1.57 bits per heavy atom. The predicted molar refractivity (Wildman–Crippen MR) is 271 cm³/mol. The highest BCUT2D eigenvalue weighted by Gasteiger charge is 2.40. The van der Waals surface area contributed by atoms with Gasteiger partial charge in [-0.05, 0) is 135 Å². The van der Waals surface area contributed by atoms with Crippen LogP contribution < -0.4 is 16.0 Å². The summed E-state index contributed by atoms with van der Waals surface area (Å²) < 4.78 is 0. The number of anilines is 2. The molecule has 11 heteroatoms. The van der Waals surface area contributed by atoms with Gasteiger partial charge in [0, 0.05) is 35.6 Å². The van der Waals surface area contributed by atoms with E-state index in [9.17, 15) is 24.3 Å². The maximum atomic E-state index is 13.3. The first kappa shape index (κ1) is 50.8. The number of carbonyl (C=O) groups excluding carboxylic acids is 4. The number of amides is 4. The van der Waals surface area contributed by atoms with E-state index < -0.39 is 6.10 Å². The number of carbonyl (C=O) groups is 4. The lowest BCUT2D eigenvalue weighted by Gasteiger charge is -2.34. The molecule has 3 aliphatic heterocycles. The smallest absolute Gasteiger partial charge is 0.262 e. The van der Waals surface area contributed by atoms with Crippen LogP contribution in [0.5, 0.6) is 0 Å². The standard InChI is InChI=1S/C32H35N3O3.C15H22N2O.C9H11ClO/c1-22(2)30(36)33-26-12-8-11-25(21-26)23-15-18-34(19-16-23)20-17-29(24-9-4-3-5-10-24)35-31(37)27-13-6-7-14-28(27)32(35)38;1-11(2)15(18)17-14-5-3-4-13(10-14)12-6-8-16-9-7-12;10-7-6-9(11)8-4-2-1-3-5-8/h3-14,21-23,29H,15-20H2,1-2H3,(H,33,36);3-5,10-12,16H,6-9H2,1-2H3,(H,17,18);1-5,9,11H,6-7H2/t29-;;9-/m1.0/s1. The second-order valence-electron chi connectivity index (χ2n) is 18.3. The van der Waals surface area contributed by atoms with Gasteiger partial charge in [0.2, 0.25) is 11.8 Å². The molecule has 0 bridgehead atoms. The molecule has 2 saturated heterocycles. The van der Waals surface area contributed by atoms with Crippen LogP contribution in [0.4, 0.5) is 11.4 Å². The summed E-state index contributed by atoms with van der Waals surface area (Å²) in [4.78, 5) is 54.2. The normalized spacial score (nSPS) is 16.3. The Kier molecular flexibility index (Phi) is 19.3. The maximum absolute atomic E-state index is 13.3. The summed E-state index contributed by atoms with van der Waals surface area (Å²) in [6.07, 6.45) is 5.33. The number of fused-ring (bicyclic) bond motifs is 1. The maximum Gasteiger partial charge on any atom is 0.262 e. The van der Waals surface area contributed by atoms with Crippen LogP contribution in [-0.2, 0) is 9.59 Å². The Morgan fingerprint density at radius 1 is 0.627 bits per heavy atom. The lowest BCUT2D eigenvalue weighted by molar-refractivity contribution is -0.119. The number of nitrogens with one attached hydrogen (secondary N) is 3. The number of aliphatic hydroxyl groups is 1. The van der Waals surface area contributed by atoms with Crippen molar-refractivity contribution in [2.45, 2.75) is 90.2 Å². The quantitative estimate of drug-likeness (QED) is 0.0644. The molecule has 354 valence electrons. The van der Waals surface area contributed by atoms with Gasteiger partial charge in [0.1, 0.15) is 0 Å². The molecule has 2 fully saturated rings. The van der Waals surface area contributed by atoms with Crippen molar-refractivity contribution >= 4 is 46.6 Å². The Balaban J connectivity index is 0.000000209. The van der Waals surface area contributed by atoms with Crippen molar-refractivity contribution in [3.05, 3.63) is 167 Å². The molecule has 67 heavy (non-hydrogen) atoms. The lowest BCUT2D eigenvalue weighted by Crippen LogP contribution is -2.38. The van der Waals surface area contributed by atoms with Gasteiger partial charge in [-0.3, -0.25) is 24.1 Å². The molecule has 4 N–H and O–H groups in total. The van der Waals surface area contributed by atoms with Gasteiger partial charge >= 0.3 is 0 Å². The number of likely N-dealkylation sites (tertiary alicyclic amines) is 1. The molecule has 3 aliphatic rings. The van der Waals surface area contributed by atoms with E-state index in [1.807, 2.05) is 125 Å². The van der Waals surface area contributed by atoms with Crippen LogP contribution in [0.15, 0.2) is 133 Å². The molecule has 5 aromatic carbocycles. The third-order valence-corrected chi connectivity index (χ3v) is 13.1. The number of alkyl halides is 1. The van der Waals surface area contributed by atoms with E-state index in [1.165, 1.54) is 28.9 Å².